The average Bonchev–Trinajstić information content (AvgIpc) is 2.52. The monoisotopic (exact) mass is 298 g/mol. The molecule has 7 nitrogen and oxygen atoms in total. The second-order valence-corrected chi connectivity index (χ2v) is 4.90. The van der Waals surface area contributed by atoms with Crippen molar-refractivity contribution in [2.24, 2.45) is 10.9 Å². The summed E-state index contributed by atoms with van der Waals surface area (Å²) in [5, 5.41) is 13.1. The van der Waals surface area contributed by atoms with E-state index in [-0.39, 0.29) is 0 Å². The van der Waals surface area contributed by atoms with Gasteiger partial charge in [0.1, 0.15) is 12.1 Å². The predicted molar refractivity (Wildman–Crippen MR) is 82.3 cm³/mol. The molecule has 21 heavy (non-hydrogen) atoms. The van der Waals surface area contributed by atoms with Gasteiger partial charge in [-0.05, 0) is 31.4 Å². The Bertz CT molecular complexity index is 388. The van der Waals surface area contributed by atoms with Gasteiger partial charge in [-0.2, -0.15) is 5.90 Å². The van der Waals surface area contributed by atoms with E-state index < -0.39 is 6.41 Å². The first-order valence-corrected chi connectivity index (χ1v) is 7.00. The van der Waals surface area contributed by atoms with Crippen molar-refractivity contribution in [2.45, 2.75) is 32.2 Å². The molecule has 1 heterocycles. The van der Waals surface area contributed by atoms with Gasteiger partial charge in [0, 0.05) is 33.3 Å². The maximum Gasteiger partial charge on any atom is 0.215 e. The number of piperidine rings is 1. The van der Waals surface area contributed by atoms with Gasteiger partial charge in [0.2, 0.25) is 6.41 Å². The summed E-state index contributed by atoms with van der Waals surface area (Å²) in [7, 11) is 3.26. The number of nitrogens with two attached hydrogens (primary N) is 1. The van der Waals surface area contributed by atoms with E-state index in [4.69, 9.17) is 10.6 Å². The number of nitrogens with one attached hydrogen (secondary N) is 1. The van der Waals surface area contributed by atoms with Crippen molar-refractivity contribution in [1.29, 1.82) is 0 Å². The Hall–Kier alpha value is -1.41. The highest BCUT2D eigenvalue weighted by Crippen LogP contribution is 2.13. The fourth-order valence-corrected chi connectivity index (χ4v) is 2.27. The molecule has 0 amide bonds. The van der Waals surface area contributed by atoms with E-state index in [0.717, 1.165) is 37.3 Å². The molecule has 0 aliphatic carbocycles. The van der Waals surface area contributed by atoms with Gasteiger partial charge in [0.05, 0.1) is 0 Å². The Kier molecular flexibility index (Phi) is 7.99. The van der Waals surface area contributed by atoms with Crippen molar-refractivity contribution in [3.63, 3.8) is 0 Å². The maximum absolute atomic E-state index is 9.63. The first-order valence-electron chi connectivity index (χ1n) is 7.00. The number of amidine groups is 1. The third-order valence-electron chi connectivity index (χ3n) is 3.49. The molecule has 0 bridgehead atoms. The van der Waals surface area contributed by atoms with E-state index >= 15 is 0 Å². The minimum absolute atomic E-state index is 0.335. The van der Waals surface area contributed by atoms with Crippen LogP contribution in [0.4, 0.5) is 0 Å². The molecule has 1 rings (SSSR count). The Morgan fingerprint density at radius 2 is 2.14 bits per heavy atom. The normalized spacial score (nSPS) is 20.8. The zero-order valence-corrected chi connectivity index (χ0v) is 13.0. The lowest BCUT2D eigenvalue weighted by atomic mass is 10.0. The Morgan fingerprint density at radius 3 is 2.67 bits per heavy atom. The molecule has 120 valence electrons. The lowest BCUT2D eigenvalue weighted by Crippen LogP contribution is -2.48. The van der Waals surface area contributed by atoms with Crippen LogP contribution in [0.2, 0.25) is 0 Å². The highest BCUT2D eigenvalue weighted by atomic mass is 16.6. The molecule has 1 fully saturated rings. The summed E-state index contributed by atoms with van der Waals surface area (Å²) in [4.78, 5) is 10.6. The number of aliphatic hydroxyl groups excluding tert-OH is 1. The maximum atomic E-state index is 9.63. The first-order chi connectivity index (χ1) is 10.1. The molecule has 7 heteroatoms. The fraction of sp³-hybridized carbons (Fsp3) is 0.643. The molecule has 1 aliphatic heterocycles. The van der Waals surface area contributed by atoms with Gasteiger partial charge in [-0.25, -0.2) is 0 Å². The van der Waals surface area contributed by atoms with Gasteiger partial charge in [-0.3, -0.25) is 9.89 Å². The molecule has 1 saturated heterocycles. The van der Waals surface area contributed by atoms with Crippen LogP contribution in [0, 0.1) is 0 Å². The number of rotatable bonds is 6. The zero-order chi connectivity index (χ0) is 15.7. The summed E-state index contributed by atoms with van der Waals surface area (Å²) in [6, 6.07) is 0.335. The molecule has 0 aromatic heterocycles. The number of likely N-dealkylation sites (tertiary alicyclic amines) is 1. The number of ether oxygens (including phenoxy) is 1. The summed E-state index contributed by atoms with van der Waals surface area (Å²) in [6.07, 6.45) is 6.05. The lowest BCUT2D eigenvalue weighted by molar-refractivity contribution is -0.181. The number of aliphatic hydroxyl groups is 1. The molecule has 0 radical (unpaired) electrons. The SMILES string of the molecule is C\N=C(NC1CCN(C(O)OC)CC1)/C(C)=C/C=C/ON. The summed E-state index contributed by atoms with van der Waals surface area (Å²) in [6.45, 7) is 3.54. The minimum Gasteiger partial charge on any atom is -0.419 e. The number of aliphatic imine (C=N–C) groups is 1. The van der Waals surface area contributed by atoms with Crippen LogP contribution in [-0.2, 0) is 9.57 Å². The standard InChI is InChI=1S/C14H26N4O3/c1-11(5-4-10-21-15)13(16-2)17-12-6-8-18(9-7-12)14(19)20-3/h4-5,10,12,14,19H,6-9,15H2,1-3H3,(H,16,17)/b10-4+,11-5+. The summed E-state index contributed by atoms with van der Waals surface area (Å²) in [5.74, 6) is 5.77. The van der Waals surface area contributed by atoms with Gasteiger partial charge < -0.3 is 20.0 Å². The molecule has 1 unspecified atom stereocenters. The van der Waals surface area contributed by atoms with E-state index in [1.807, 2.05) is 17.9 Å². The number of hydrogen-bond acceptors (Lipinski definition) is 6. The second kappa shape index (κ2) is 9.51. The summed E-state index contributed by atoms with van der Waals surface area (Å²) in [5.41, 5.74) is 1.00. The molecule has 0 saturated carbocycles. The van der Waals surface area contributed by atoms with Crippen LogP contribution < -0.4 is 11.2 Å². The highest BCUT2D eigenvalue weighted by molar-refractivity contribution is 5.98. The van der Waals surface area contributed by atoms with Crippen molar-refractivity contribution < 1.29 is 14.7 Å². The molecule has 0 aromatic rings. The van der Waals surface area contributed by atoms with Crippen LogP contribution in [0.15, 0.2) is 29.0 Å². The molecular weight excluding hydrogens is 272 g/mol. The lowest BCUT2D eigenvalue weighted by Gasteiger charge is -2.34. The van der Waals surface area contributed by atoms with E-state index in [1.165, 1.54) is 13.4 Å². The number of allylic oxidation sites excluding steroid dienone is 2. The molecule has 4 N–H and O–H groups in total. The van der Waals surface area contributed by atoms with Gasteiger partial charge in [-0.1, -0.05) is 6.08 Å². The smallest absolute Gasteiger partial charge is 0.215 e. The van der Waals surface area contributed by atoms with Crippen molar-refractivity contribution in [3.8, 4) is 0 Å². The highest BCUT2D eigenvalue weighted by Gasteiger charge is 2.24. The van der Waals surface area contributed by atoms with Crippen molar-refractivity contribution in [3.05, 3.63) is 24.0 Å². The van der Waals surface area contributed by atoms with E-state index in [0.29, 0.717) is 6.04 Å². The summed E-state index contributed by atoms with van der Waals surface area (Å²) < 4.78 is 4.92. The van der Waals surface area contributed by atoms with Crippen LogP contribution in [-0.4, -0.2) is 55.5 Å². The van der Waals surface area contributed by atoms with Gasteiger partial charge >= 0.3 is 0 Å². The average molecular weight is 298 g/mol. The Labute approximate surface area is 126 Å². The Balaban J connectivity index is 2.49. The Morgan fingerprint density at radius 1 is 1.48 bits per heavy atom. The fourth-order valence-electron chi connectivity index (χ4n) is 2.27. The molecule has 1 aliphatic rings. The summed E-state index contributed by atoms with van der Waals surface area (Å²) >= 11 is 0. The first kappa shape index (κ1) is 17.6. The van der Waals surface area contributed by atoms with Crippen LogP contribution in [0.1, 0.15) is 19.8 Å². The topological polar surface area (TPSA) is 92.3 Å². The second-order valence-electron chi connectivity index (χ2n) is 4.90. The van der Waals surface area contributed by atoms with Crippen molar-refractivity contribution in [1.82, 2.24) is 10.2 Å². The third-order valence-corrected chi connectivity index (χ3v) is 3.49. The number of methoxy groups -OCH3 is 1. The van der Waals surface area contributed by atoms with Gasteiger partial charge in [0.25, 0.3) is 0 Å². The van der Waals surface area contributed by atoms with Crippen LogP contribution in [0.5, 0.6) is 0 Å². The van der Waals surface area contributed by atoms with Crippen LogP contribution >= 0.6 is 0 Å². The number of nitrogens with zero attached hydrogens (tertiary/aromatic N) is 2. The zero-order valence-electron chi connectivity index (χ0n) is 13.0. The third kappa shape index (κ3) is 5.84. The van der Waals surface area contributed by atoms with E-state index in [1.54, 1.807) is 13.1 Å². The van der Waals surface area contributed by atoms with E-state index in [2.05, 4.69) is 15.1 Å². The van der Waals surface area contributed by atoms with Crippen molar-refractivity contribution >= 4 is 5.84 Å². The van der Waals surface area contributed by atoms with Crippen molar-refractivity contribution in [2.75, 3.05) is 27.2 Å². The van der Waals surface area contributed by atoms with Gasteiger partial charge in [0.15, 0.2) is 0 Å². The molecule has 0 spiro atoms. The number of hydrogen-bond donors (Lipinski definition) is 3. The van der Waals surface area contributed by atoms with Crippen LogP contribution in [0.3, 0.4) is 0 Å². The predicted octanol–water partition coefficient (Wildman–Crippen LogP) is 0.341. The molecule has 1 atom stereocenters. The minimum atomic E-state index is -0.812. The molecule has 0 aromatic carbocycles. The quantitative estimate of drug-likeness (QED) is 0.164. The molecular formula is C14H26N4O3. The van der Waals surface area contributed by atoms with E-state index in [9.17, 15) is 5.11 Å². The van der Waals surface area contributed by atoms with Gasteiger partial charge in [-0.15, -0.1) is 0 Å². The largest absolute Gasteiger partial charge is 0.419 e. The van der Waals surface area contributed by atoms with Crippen LogP contribution in [0.25, 0.3) is 0 Å².